The Labute approximate surface area is 108 Å². The number of halogens is 1. The van der Waals surface area contributed by atoms with Gasteiger partial charge in [-0.3, -0.25) is 0 Å². The predicted molar refractivity (Wildman–Crippen MR) is 75.5 cm³/mol. The van der Waals surface area contributed by atoms with Crippen LogP contribution >= 0.6 is 33.9 Å². The SMILES string of the molecule is C[C@H](Nc1ccccc1I)c1cccs1. The highest BCUT2D eigenvalue weighted by Gasteiger charge is 2.07. The van der Waals surface area contributed by atoms with E-state index in [1.54, 1.807) is 11.3 Å². The van der Waals surface area contributed by atoms with E-state index in [4.69, 9.17) is 0 Å². The predicted octanol–water partition coefficient (Wildman–Crippen LogP) is 4.53. The summed E-state index contributed by atoms with van der Waals surface area (Å²) in [6.45, 7) is 2.19. The second-order valence-electron chi connectivity index (χ2n) is 3.36. The molecule has 3 heteroatoms. The minimum atomic E-state index is 0.376. The van der Waals surface area contributed by atoms with E-state index >= 15 is 0 Å². The number of nitrogens with one attached hydrogen (secondary N) is 1. The third kappa shape index (κ3) is 2.72. The molecular weight excluding hydrogens is 317 g/mol. The Morgan fingerprint density at radius 1 is 1.20 bits per heavy atom. The summed E-state index contributed by atoms with van der Waals surface area (Å²) in [5, 5.41) is 5.63. The van der Waals surface area contributed by atoms with Crippen molar-refractivity contribution in [1.29, 1.82) is 0 Å². The standard InChI is InChI=1S/C12H12INS/c1-9(12-7-4-8-15-12)14-11-6-3-2-5-10(11)13/h2-9,14H,1H3/t9-/m0/s1. The fraction of sp³-hybridized carbons (Fsp3) is 0.167. The van der Waals surface area contributed by atoms with Crippen LogP contribution in [0.2, 0.25) is 0 Å². The lowest BCUT2D eigenvalue weighted by Gasteiger charge is -2.14. The van der Waals surface area contributed by atoms with Gasteiger partial charge in [-0.2, -0.15) is 0 Å². The van der Waals surface area contributed by atoms with E-state index in [-0.39, 0.29) is 0 Å². The molecule has 0 unspecified atom stereocenters. The topological polar surface area (TPSA) is 12.0 Å². The molecule has 1 N–H and O–H groups in total. The summed E-state index contributed by atoms with van der Waals surface area (Å²) in [5.74, 6) is 0. The van der Waals surface area contributed by atoms with Crippen LogP contribution in [0, 0.1) is 3.57 Å². The van der Waals surface area contributed by atoms with Crippen molar-refractivity contribution < 1.29 is 0 Å². The monoisotopic (exact) mass is 329 g/mol. The van der Waals surface area contributed by atoms with Crippen LogP contribution in [0.5, 0.6) is 0 Å². The number of para-hydroxylation sites is 1. The lowest BCUT2D eigenvalue weighted by molar-refractivity contribution is 0.907. The average Bonchev–Trinajstić information content (AvgIpc) is 2.74. The maximum Gasteiger partial charge on any atom is 0.0578 e. The zero-order valence-electron chi connectivity index (χ0n) is 8.41. The highest BCUT2D eigenvalue weighted by molar-refractivity contribution is 14.1. The maximum absolute atomic E-state index is 3.52. The molecule has 15 heavy (non-hydrogen) atoms. The molecule has 1 atom stereocenters. The molecule has 1 nitrogen and oxygen atoms in total. The van der Waals surface area contributed by atoms with E-state index < -0.39 is 0 Å². The van der Waals surface area contributed by atoms with Gasteiger partial charge in [0.2, 0.25) is 0 Å². The Kier molecular flexibility index (Phi) is 3.64. The molecule has 2 aromatic rings. The van der Waals surface area contributed by atoms with Crippen LogP contribution in [0.25, 0.3) is 0 Å². The summed E-state index contributed by atoms with van der Waals surface area (Å²) in [4.78, 5) is 1.37. The molecule has 0 radical (unpaired) electrons. The molecule has 0 fully saturated rings. The molecule has 0 aliphatic rings. The Morgan fingerprint density at radius 3 is 2.67 bits per heavy atom. The molecule has 2 rings (SSSR count). The highest BCUT2D eigenvalue weighted by atomic mass is 127. The summed E-state index contributed by atoms with van der Waals surface area (Å²) in [5.41, 5.74) is 1.21. The largest absolute Gasteiger partial charge is 0.377 e. The van der Waals surface area contributed by atoms with Gasteiger partial charge in [0.1, 0.15) is 0 Å². The van der Waals surface area contributed by atoms with E-state index in [0.29, 0.717) is 6.04 Å². The van der Waals surface area contributed by atoms with E-state index in [2.05, 4.69) is 76.6 Å². The zero-order valence-corrected chi connectivity index (χ0v) is 11.4. The molecule has 0 saturated carbocycles. The van der Waals surface area contributed by atoms with Crippen molar-refractivity contribution in [3.63, 3.8) is 0 Å². The fourth-order valence-electron chi connectivity index (χ4n) is 1.42. The average molecular weight is 329 g/mol. The van der Waals surface area contributed by atoms with Crippen LogP contribution in [0.3, 0.4) is 0 Å². The molecule has 0 saturated heterocycles. The third-order valence-electron chi connectivity index (χ3n) is 2.22. The zero-order chi connectivity index (χ0) is 10.7. The first-order valence-corrected chi connectivity index (χ1v) is 6.77. The molecule has 0 amide bonds. The molecule has 1 aromatic carbocycles. The van der Waals surface area contributed by atoms with Crippen LogP contribution in [0.15, 0.2) is 41.8 Å². The van der Waals surface area contributed by atoms with Crippen LogP contribution < -0.4 is 5.32 Å². The summed E-state index contributed by atoms with van der Waals surface area (Å²) >= 11 is 4.14. The van der Waals surface area contributed by atoms with Gasteiger partial charge in [0, 0.05) is 14.1 Å². The minimum Gasteiger partial charge on any atom is -0.377 e. The Balaban J connectivity index is 2.13. The van der Waals surface area contributed by atoms with Gasteiger partial charge in [0.15, 0.2) is 0 Å². The molecule has 0 aliphatic carbocycles. The Bertz CT molecular complexity index is 425. The van der Waals surface area contributed by atoms with Crippen LogP contribution in [0.1, 0.15) is 17.8 Å². The van der Waals surface area contributed by atoms with Crippen molar-refractivity contribution in [2.75, 3.05) is 5.32 Å². The molecule has 78 valence electrons. The maximum atomic E-state index is 3.52. The molecule has 1 aromatic heterocycles. The molecule has 0 bridgehead atoms. The van der Waals surface area contributed by atoms with Crippen molar-refractivity contribution in [2.45, 2.75) is 13.0 Å². The quantitative estimate of drug-likeness (QED) is 0.816. The van der Waals surface area contributed by atoms with Gasteiger partial charge in [0.25, 0.3) is 0 Å². The number of rotatable bonds is 3. The van der Waals surface area contributed by atoms with Crippen molar-refractivity contribution in [1.82, 2.24) is 0 Å². The summed E-state index contributed by atoms with van der Waals surface area (Å²) in [6, 6.07) is 13.0. The molecule has 0 spiro atoms. The molecular formula is C12H12INS. The van der Waals surface area contributed by atoms with Gasteiger partial charge >= 0.3 is 0 Å². The first-order chi connectivity index (χ1) is 7.27. The Morgan fingerprint density at radius 2 is 2.00 bits per heavy atom. The summed E-state index contributed by atoms with van der Waals surface area (Å²) in [6.07, 6.45) is 0. The van der Waals surface area contributed by atoms with E-state index in [9.17, 15) is 0 Å². The van der Waals surface area contributed by atoms with E-state index in [1.807, 2.05) is 0 Å². The second-order valence-corrected chi connectivity index (χ2v) is 5.50. The smallest absolute Gasteiger partial charge is 0.0578 e. The van der Waals surface area contributed by atoms with Crippen LogP contribution in [0.4, 0.5) is 5.69 Å². The molecule has 1 heterocycles. The fourth-order valence-corrected chi connectivity index (χ4v) is 2.70. The number of hydrogen-bond acceptors (Lipinski definition) is 2. The van der Waals surface area contributed by atoms with Crippen molar-refractivity contribution in [3.8, 4) is 0 Å². The summed E-state index contributed by atoms with van der Waals surface area (Å²) < 4.78 is 1.26. The lowest BCUT2D eigenvalue weighted by atomic mass is 10.2. The molecule has 0 aliphatic heterocycles. The van der Waals surface area contributed by atoms with Gasteiger partial charge in [-0.1, -0.05) is 18.2 Å². The van der Waals surface area contributed by atoms with Gasteiger partial charge < -0.3 is 5.32 Å². The van der Waals surface area contributed by atoms with Crippen molar-refractivity contribution in [3.05, 3.63) is 50.2 Å². The Hall–Kier alpha value is -0.550. The van der Waals surface area contributed by atoms with Crippen LogP contribution in [-0.4, -0.2) is 0 Å². The second kappa shape index (κ2) is 4.99. The van der Waals surface area contributed by atoms with E-state index in [1.165, 1.54) is 14.1 Å². The number of hydrogen-bond donors (Lipinski definition) is 1. The van der Waals surface area contributed by atoms with Gasteiger partial charge in [0.05, 0.1) is 6.04 Å². The lowest BCUT2D eigenvalue weighted by Crippen LogP contribution is -2.05. The first-order valence-electron chi connectivity index (χ1n) is 4.82. The van der Waals surface area contributed by atoms with E-state index in [0.717, 1.165) is 0 Å². The van der Waals surface area contributed by atoms with Gasteiger partial charge in [-0.25, -0.2) is 0 Å². The summed E-state index contributed by atoms with van der Waals surface area (Å²) in [7, 11) is 0. The number of benzene rings is 1. The number of thiophene rings is 1. The van der Waals surface area contributed by atoms with Gasteiger partial charge in [-0.05, 0) is 53.1 Å². The minimum absolute atomic E-state index is 0.376. The normalized spacial score (nSPS) is 12.4. The van der Waals surface area contributed by atoms with Crippen molar-refractivity contribution >= 4 is 39.6 Å². The van der Waals surface area contributed by atoms with Crippen LogP contribution in [-0.2, 0) is 0 Å². The highest BCUT2D eigenvalue weighted by Crippen LogP contribution is 2.25. The van der Waals surface area contributed by atoms with Gasteiger partial charge in [-0.15, -0.1) is 11.3 Å². The van der Waals surface area contributed by atoms with Crippen molar-refractivity contribution in [2.24, 2.45) is 0 Å². The third-order valence-corrected chi connectivity index (χ3v) is 4.21. The first kappa shape index (κ1) is 11.0. The number of anilines is 1.